The number of aryl methyl sites for hydroxylation is 1. The van der Waals surface area contributed by atoms with Crippen LogP contribution < -0.4 is 4.74 Å². The number of ether oxygens (including phenoxy) is 1. The van der Waals surface area contributed by atoms with Gasteiger partial charge in [-0.2, -0.15) is 0 Å². The Hall–Kier alpha value is -1.58. The molecule has 0 saturated heterocycles. The van der Waals surface area contributed by atoms with E-state index in [9.17, 15) is 4.79 Å². The Kier molecular flexibility index (Phi) is 2.11. The number of pyridine rings is 1. The molecule has 1 aromatic rings. The Morgan fingerprint density at radius 3 is 3.14 bits per heavy atom. The molecule has 1 aliphatic heterocycles. The van der Waals surface area contributed by atoms with Gasteiger partial charge in [0.25, 0.3) is 0 Å². The molecule has 4 heteroatoms. The molecule has 0 aliphatic carbocycles. The van der Waals surface area contributed by atoms with Crippen LogP contribution in [0.2, 0.25) is 0 Å². The molecule has 0 fully saturated rings. The maximum atomic E-state index is 10.9. The van der Waals surface area contributed by atoms with Crippen LogP contribution in [0.4, 0.5) is 0 Å². The molecule has 0 amide bonds. The highest BCUT2D eigenvalue weighted by atomic mass is 16.5. The van der Waals surface area contributed by atoms with Crippen LogP contribution in [0, 0.1) is 0 Å². The summed E-state index contributed by atoms with van der Waals surface area (Å²) in [6, 6.07) is 1.68. The highest BCUT2D eigenvalue weighted by Crippen LogP contribution is 2.25. The number of fused-ring (bicyclic) bond motifs is 1. The molecule has 0 spiro atoms. The first kappa shape index (κ1) is 8.99. The summed E-state index contributed by atoms with van der Waals surface area (Å²) in [5, 5.41) is 8.95. The molecule has 0 unspecified atom stereocenters. The van der Waals surface area contributed by atoms with Crippen molar-refractivity contribution in [3.63, 3.8) is 0 Å². The van der Waals surface area contributed by atoms with Crippen molar-refractivity contribution in [1.82, 2.24) is 4.98 Å². The summed E-state index contributed by atoms with van der Waals surface area (Å²) in [5.74, 6) is -0.309. The summed E-state index contributed by atoms with van der Waals surface area (Å²) < 4.78 is 5.27. The van der Waals surface area contributed by atoms with Crippen LogP contribution in [-0.2, 0) is 12.8 Å². The number of carboxylic acid groups (broad SMARTS) is 1. The van der Waals surface area contributed by atoms with Crippen molar-refractivity contribution in [3.05, 3.63) is 22.9 Å². The molecule has 0 radical (unpaired) electrons. The van der Waals surface area contributed by atoms with E-state index in [0.29, 0.717) is 30.2 Å². The Balaban J connectivity index is 2.54. The van der Waals surface area contributed by atoms with Gasteiger partial charge in [-0.05, 0) is 12.5 Å². The van der Waals surface area contributed by atoms with Crippen LogP contribution in [0.15, 0.2) is 6.07 Å². The summed E-state index contributed by atoms with van der Waals surface area (Å²) in [6.07, 6.45) is 1.37. The smallest absolute Gasteiger partial charge is 0.337 e. The number of carboxylic acids is 1. The van der Waals surface area contributed by atoms with E-state index in [0.717, 1.165) is 12.0 Å². The Bertz CT molecular complexity index is 387. The van der Waals surface area contributed by atoms with Gasteiger partial charge in [0.15, 0.2) is 0 Å². The molecule has 1 aliphatic rings. The second kappa shape index (κ2) is 3.29. The molecule has 2 rings (SSSR count). The SMILES string of the molecule is CCc1nc2c(cc1C(=O)O)CCO2. The third kappa shape index (κ3) is 1.32. The number of hydrogen-bond acceptors (Lipinski definition) is 3. The summed E-state index contributed by atoms with van der Waals surface area (Å²) in [5.41, 5.74) is 1.80. The van der Waals surface area contributed by atoms with E-state index in [1.165, 1.54) is 0 Å². The second-order valence-corrected chi connectivity index (χ2v) is 3.20. The lowest BCUT2D eigenvalue weighted by Crippen LogP contribution is -2.05. The fourth-order valence-corrected chi connectivity index (χ4v) is 1.59. The molecule has 74 valence electrons. The van der Waals surface area contributed by atoms with Gasteiger partial charge in [-0.25, -0.2) is 9.78 Å². The van der Waals surface area contributed by atoms with E-state index in [2.05, 4.69) is 4.98 Å². The molecule has 0 bridgehead atoms. The number of aromatic carboxylic acids is 1. The first-order chi connectivity index (χ1) is 6.72. The molecule has 2 heterocycles. The van der Waals surface area contributed by atoms with Crippen LogP contribution in [0.1, 0.15) is 28.5 Å². The van der Waals surface area contributed by atoms with Crippen LogP contribution in [0.5, 0.6) is 5.88 Å². The summed E-state index contributed by atoms with van der Waals surface area (Å²) in [4.78, 5) is 15.1. The first-order valence-corrected chi connectivity index (χ1v) is 4.61. The largest absolute Gasteiger partial charge is 0.478 e. The maximum Gasteiger partial charge on any atom is 0.337 e. The van der Waals surface area contributed by atoms with Crippen molar-refractivity contribution in [3.8, 4) is 5.88 Å². The fourth-order valence-electron chi connectivity index (χ4n) is 1.59. The lowest BCUT2D eigenvalue weighted by atomic mass is 10.1. The van der Waals surface area contributed by atoms with Crippen molar-refractivity contribution < 1.29 is 14.6 Å². The molecule has 14 heavy (non-hydrogen) atoms. The van der Waals surface area contributed by atoms with E-state index < -0.39 is 5.97 Å². The molecular weight excluding hydrogens is 182 g/mol. The molecule has 1 aromatic heterocycles. The third-order valence-corrected chi connectivity index (χ3v) is 2.32. The molecular formula is C10H11NO3. The van der Waals surface area contributed by atoms with Crippen molar-refractivity contribution in [2.45, 2.75) is 19.8 Å². The Labute approximate surface area is 81.5 Å². The van der Waals surface area contributed by atoms with Crippen molar-refractivity contribution >= 4 is 5.97 Å². The van der Waals surface area contributed by atoms with E-state index in [4.69, 9.17) is 9.84 Å². The minimum absolute atomic E-state index is 0.303. The predicted octanol–water partition coefficient (Wildman–Crippen LogP) is 1.28. The second-order valence-electron chi connectivity index (χ2n) is 3.20. The molecule has 0 aromatic carbocycles. The van der Waals surface area contributed by atoms with Crippen LogP contribution in [-0.4, -0.2) is 22.7 Å². The number of aromatic nitrogens is 1. The first-order valence-electron chi connectivity index (χ1n) is 4.61. The van der Waals surface area contributed by atoms with Gasteiger partial charge in [0.1, 0.15) is 0 Å². The van der Waals surface area contributed by atoms with E-state index >= 15 is 0 Å². The van der Waals surface area contributed by atoms with E-state index in [1.807, 2.05) is 6.92 Å². The van der Waals surface area contributed by atoms with Crippen LogP contribution >= 0.6 is 0 Å². The average Bonchev–Trinajstić information content (AvgIpc) is 2.62. The minimum Gasteiger partial charge on any atom is -0.478 e. The Morgan fingerprint density at radius 2 is 2.50 bits per heavy atom. The monoisotopic (exact) mass is 193 g/mol. The maximum absolute atomic E-state index is 10.9. The number of nitrogens with zero attached hydrogens (tertiary/aromatic N) is 1. The highest BCUT2D eigenvalue weighted by molar-refractivity contribution is 5.89. The zero-order valence-corrected chi connectivity index (χ0v) is 7.91. The number of carbonyl (C=O) groups is 1. The van der Waals surface area contributed by atoms with Crippen LogP contribution in [0.3, 0.4) is 0 Å². The predicted molar refractivity (Wildman–Crippen MR) is 49.8 cm³/mol. The lowest BCUT2D eigenvalue weighted by molar-refractivity contribution is 0.0695. The van der Waals surface area contributed by atoms with Gasteiger partial charge in [-0.15, -0.1) is 0 Å². The summed E-state index contributed by atoms with van der Waals surface area (Å²) in [6.45, 7) is 2.49. The molecule has 1 N–H and O–H groups in total. The van der Waals surface area contributed by atoms with Crippen LogP contribution in [0.25, 0.3) is 0 Å². The van der Waals surface area contributed by atoms with Gasteiger partial charge in [0.05, 0.1) is 17.9 Å². The van der Waals surface area contributed by atoms with Gasteiger partial charge < -0.3 is 9.84 Å². The Morgan fingerprint density at radius 1 is 1.71 bits per heavy atom. The summed E-state index contributed by atoms with van der Waals surface area (Å²) in [7, 11) is 0. The van der Waals surface area contributed by atoms with Gasteiger partial charge in [0, 0.05) is 12.0 Å². The zero-order chi connectivity index (χ0) is 10.1. The molecule has 0 saturated carbocycles. The van der Waals surface area contributed by atoms with Crippen molar-refractivity contribution in [2.75, 3.05) is 6.61 Å². The third-order valence-electron chi connectivity index (χ3n) is 2.32. The highest BCUT2D eigenvalue weighted by Gasteiger charge is 2.19. The van der Waals surface area contributed by atoms with Gasteiger partial charge in [0.2, 0.25) is 5.88 Å². The van der Waals surface area contributed by atoms with E-state index in [1.54, 1.807) is 6.07 Å². The standard InChI is InChI=1S/C10H11NO3/c1-2-8-7(10(12)13)5-6-3-4-14-9(6)11-8/h5H,2-4H2,1H3,(H,12,13). The normalized spacial score (nSPS) is 13.5. The number of hydrogen-bond donors (Lipinski definition) is 1. The summed E-state index contributed by atoms with van der Waals surface area (Å²) >= 11 is 0. The van der Waals surface area contributed by atoms with Gasteiger partial charge in [-0.3, -0.25) is 0 Å². The molecule has 0 atom stereocenters. The topological polar surface area (TPSA) is 59.4 Å². The molecule has 4 nitrogen and oxygen atoms in total. The van der Waals surface area contributed by atoms with Gasteiger partial charge >= 0.3 is 5.97 Å². The average molecular weight is 193 g/mol. The van der Waals surface area contributed by atoms with Crippen molar-refractivity contribution in [2.24, 2.45) is 0 Å². The van der Waals surface area contributed by atoms with Gasteiger partial charge in [-0.1, -0.05) is 6.92 Å². The number of rotatable bonds is 2. The zero-order valence-electron chi connectivity index (χ0n) is 7.91. The minimum atomic E-state index is -0.913. The lowest BCUT2D eigenvalue weighted by Gasteiger charge is -2.05. The quantitative estimate of drug-likeness (QED) is 0.768. The van der Waals surface area contributed by atoms with E-state index in [-0.39, 0.29) is 0 Å². The fraction of sp³-hybridized carbons (Fsp3) is 0.400. The van der Waals surface area contributed by atoms with Crippen molar-refractivity contribution in [1.29, 1.82) is 0 Å².